The van der Waals surface area contributed by atoms with E-state index in [0.717, 1.165) is 10.7 Å². The summed E-state index contributed by atoms with van der Waals surface area (Å²) in [5.74, 6) is 0.678. The Balaban J connectivity index is 2.52. The molecule has 4 heteroatoms. The first kappa shape index (κ1) is 8.49. The van der Waals surface area contributed by atoms with Gasteiger partial charge in [0.1, 0.15) is 5.03 Å². The van der Waals surface area contributed by atoms with Crippen molar-refractivity contribution in [1.29, 1.82) is 0 Å². The van der Waals surface area contributed by atoms with E-state index in [4.69, 9.17) is 5.11 Å². The average Bonchev–Trinajstić information content (AvgIpc) is 2.04. The molecular weight excluding hydrogens is 160 g/mol. The predicted molar refractivity (Wildman–Crippen MR) is 44.6 cm³/mol. The van der Waals surface area contributed by atoms with Crippen LogP contribution in [0.4, 0.5) is 0 Å². The number of aryl methyl sites for hydroxylation is 1. The van der Waals surface area contributed by atoms with Crippen LogP contribution in [0, 0.1) is 6.92 Å². The Hall–Kier alpha value is -0.610. The number of rotatable bonds is 3. The van der Waals surface area contributed by atoms with Crippen molar-refractivity contribution in [2.24, 2.45) is 0 Å². The van der Waals surface area contributed by atoms with Gasteiger partial charge in [-0.3, -0.25) is 0 Å². The first-order valence-electron chi connectivity index (χ1n) is 3.37. The van der Waals surface area contributed by atoms with E-state index in [9.17, 15) is 0 Å². The summed E-state index contributed by atoms with van der Waals surface area (Å²) in [6.07, 6.45) is 0. The SMILES string of the molecule is Cc1ccc(SCCO)nn1. The lowest BCUT2D eigenvalue weighted by Crippen LogP contribution is -1.90. The number of thioether (sulfide) groups is 1. The molecule has 1 N–H and O–H groups in total. The Bertz CT molecular complexity index is 212. The zero-order chi connectivity index (χ0) is 8.10. The fourth-order valence-corrected chi connectivity index (χ4v) is 1.18. The molecule has 3 nitrogen and oxygen atoms in total. The van der Waals surface area contributed by atoms with Crippen LogP contribution < -0.4 is 0 Å². The number of nitrogens with zero attached hydrogens (tertiary/aromatic N) is 2. The van der Waals surface area contributed by atoms with Crippen LogP contribution in [0.2, 0.25) is 0 Å². The minimum atomic E-state index is 0.181. The minimum absolute atomic E-state index is 0.181. The maximum atomic E-state index is 8.51. The molecular formula is C7H10N2OS. The normalized spacial score (nSPS) is 10.0. The van der Waals surface area contributed by atoms with Gasteiger partial charge in [0.25, 0.3) is 0 Å². The fraction of sp³-hybridized carbons (Fsp3) is 0.429. The van der Waals surface area contributed by atoms with Gasteiger partial charge < -0.3 is 5.11 Å². The number of hydrogen-bond donors (Lipinski definition) is 1. The second-order valence-corrected chi connectivity index (χ2v) is 3.20. The molecule has 0 saturated carbocycles. The molecule has 0 spiro atoms. The molecule has 0 aromatic carbocycles. The van der Waals surface area contributed by atoms with Crippen LogP contribution in [0.25, 0.3) is 0 Å². The lowest BCUT2D eigenvalue weighted by Gasteiger charge is -1.96. The standard InChI is InChI=1S/C7H10N2OS/c1-6-2-3-7(9-8-6)11-5-4-10/h2-3,10H,4-5H2,1H3. The summed E-state index contributed by atoms with van der Waals surface area (Å²) in [5, 5.41) is 17.2. The summed E-state index contributed by atoms with van der Waals surface area (Å²) < 4.78 is 0. The smallest absolute Gasteiger partial charge is 0.119 e. The second kappa shape index (κ2) is 4.31. The van der Waals surface area contributed by atoms with Gasteiger partial charge in [-0.2, -0.15) is 5.10 Å². The van der Waals surface area contributed by atoms with Crippen molar-refractivity contribution in [3.63, 3.8) is 0 Å². The number of aliphatic hydroxyl groups excluding tert-OH is 1. The fourth-order valence-electron chi connectivity index (χ4n) is 0.614. The van der Waals surface area contributed by atoms with Crippen molar-refractivity contribution in [1.82, 2.24) is 10.2 Å². The van der Waals surface area contributed by atoms with E-state index in [1.54, 1.807) is 0 Å². The van der Waals surface area contributed by atoms with E-state index in [-0.39, 0.29) is 6.61 Å². The third kappa shape index (κ3) is 2.86. The monoisotopic (exact) mass is 170 g/mol. The highest BCUT2D eigenvalue weighted by molar-refractivity contribution is 7.99. The Labute approximate surface area is 69.9 Å². The van der Waals surface area contributed by atoms with Crippen LogP contribution >= 0.6 is 11.8 Å². The molecule has 0 amide bonds. The molecule has 0 fully saturated rings. The van der Waals surface area contributed by atoms with Crippen LogP contribution in [0.1, 0.15) is 5.69 Å². The van der Waals surface area contributed by atoms with E-state index in [2.05, 4.69) is 10.2 Å². The largest absolute Gasteiger partial charge is 0.396 e. The van der Waals surface area contributed by atoms with Crippen LogP contribution in [-0.2, 0) is 0 Å². The second-order valence-electron chi connectivity index (χ2n) is 2.09. The lowest BCUT2D eigenvalue weighted by molar-refractivity contribution is 0.322. The van der Waals surface area contributed by atoms with Crippen molar-refractivity contribution in [3.8, 4) is 0 Å². The van der Waals surface area contributed by atoms with Gasteiger partial charge >= 0.3 is 0 Å². The van der Waals surface area contributed by atoms with Crippen molar-refractivity contribution in [2.75, 3.05) is 12.4 Å². The quantitative estimate of drug-likeness (QED) is 0.684. The van der Waals surface area contributed by atoms with Crippen molar-refractivity contribution in [2.45, 2.75) is 11.9 Å². The first-order chi connectivity index (χ1) is 5.33. The molecule has 0 unspecified atom stereocenters. The number of aliphatic hydroxyl groups is 1. The maximum Gasteiger partial charge on any atom is 0.119 e. The molecule has 11 heavy (non-hydrogen) atoms. The van der Waals surface area contributed by atoms with Crippen LogP contribution in [0.15, 0.2) is 17.2 Å². The zero-order valence-corrected chi connectivity index (χ0v) is 7.14. The van der Waals surface area contributed by atoms with Crippen LogP contribution in [0.3, 0.4) is 0 Å². The summed E-state index contributed by atoms with van der Waals surface area (Å²) in [6.45, 7) is 2.08. The molecule has 0 radical (unpaired) electrons. The molecule has 60 valence electrons. The van der Waals surface area contributed by atoms with E-state index in [1.165, 1.54) is 11.8 Å². The van der Waals surface area contributed by atoms with E-state index in [1.807, 2.05) is 19.1 Å². The average molecular weight is 170 g/mol. The molecule has 0 atom stereocenters. The molecule has 1 heterocycles. The third-order valence-electron chi connectivity index (χ3n) is 1.11. The zero-order valence-electron chi connectivity index (χ0n) is 6.32. The molecule has 0 saturated heterocycles. The highest BCUT2D eigenvalue weighted by Crippen LogP contribution is 2.12. The topological polar surface area (TPSA) is 46.0 Å². The Morgan fingerprint density at radius 1 is 1.45 bits per heavy atom. The van der Waals surface area contributed by atoms with Gasteiger partial charge in [-0.25, -0.2) is 0 Å². The van der Waals surface area contributed by atoms with Gasteiger partial charge in [0.2, 0.25) is 0 Å². The Morgan fingerprint density at radius 3 is 2.82 bits per heavy atom. The van der Waals surface area contributed by atoms with Gasteiger partial charge in [0.15, 0.2) is 0 Å². The van der Waals surface area contributed by atoms with Gasteiger partial charge in [-0.1, -0.05) is 0 Å². The lowest BCUT2D eigenvalue weighted by atomic mass is 10.4. The molecule has 1 aromatic heterocycles. The number of aromatic nitrogens is 2. The Kier molecular flexibility index (Phi) is 3.32. The molecule has 0 aliphatic heterocycles. The van der Waals surface area contributed by atoms with Crippen molar-refractivity contribution in [3.05, 3.63) is 17.8 Å². The Morgan fingerprint density at radius 2 is 2.27 bits per heavy atom. The van der Waals surface area contributed by atoms with Crippen LogP contribution in [0.5, 0.6) is 0 Å². The third-order valence-corrected chi connectivity index (χ3v) is 2.01. The summed E-state index contributed by atoms with van der Waals surface area (Å²) >= 11 is 1.51. The van der Waals surface area contributed by atoms with Gasteiger partial charge in [-0.15, -0.1) is 16.9 Å². The molecule has 1 rings (SSSR count). The number of hydrogen-bond acceptors (Lipinski definition) is 4. The minimum Gasteiger partial charge on any atom is -0.396 e. The van der Waals surface area contributed by atoms with Crippen molar-refractivity contribution >= 4 is 11.8 Å². The summed E-state index contributed by atoms with van der Waals surface area (Å²) in [6, 6.07) is 3.81. The molecule has 0 aliphatic rings. The molecule has 1 aromatic rings. The molecule has 0 bridgehead atoms. The van der Waals surface area contributed by atoms with Gasteiger partial charge in [-0.05, 0) is 19.1 Å². The predicted octanol–water partition coefficient (Wildman–Crippen LogP) is 0.869. The summed E-state index contributed by atoms with van der Waals surface area (Å²) in [4.78, 5) is 0. The maximum absolute atomic E-state index is 8.51. The first-order valence-corrected chi connectivity index (χ1v) is 4.35. The summed E-state index contributed by atoms with van der Waals surface area (Å²) in [7, 11) is 0. The summed E-state index contributed by atoms with van der Waals surface area (Å²) in [5.41, 5.74) is 0.915. The van der Waals surface area contributed by atoms with Gasteiger partial charge in [0.05, 0.1) is 12.3 Å². The highest BCUT2D eigenvalue weighted by Gasteiger charge is 1.93. The highest BCUT2D eigenvalue weighted by atomic mass is 32.2. The van der Waals surface area contributed by atoms with E-state index < -0.39 is 0 Å². The van der Waals surface area contributed by atoms with Crippen molar-refractivity contribution < 1.29 is 5.11 Å². The van der Waals surface area contributed by atoms with E-state index in [0.29, 0.717) is 5.75 Å². The molecule has 0 aliphatic carbocycles. The van der Waals surface area contributed by atoms with Gasteiger partial charge in [0, 0.05) is 5.75 Å². The van der Waals surface area contributed by atoms with E-state index >= 15 is 0 Å². The van der Waals surface area contributed by atoms with Crippen LogP contribution in [-0.4, -0.2) is 27.7 Å².